The second-order valence-electron chi connectivity index (χ2n) is 0.0431. The molecule has 0 aliphatic carbocycles. The maximum Gasteiger partial charge on any atom is 0.316 e. The average molecular weight is 274 g/mol. The van der Waals surface area contributed by atoms with Gasteiger partial charge in [-0.05, 0) is 0 Å². The van der Waals surface area contributed by atoms with Gasteiger partial charge in [0.25, 0.3) is 0 Å². The van der Waals surface area contributed by atoms with Gasteiger partial charge in [-0.25, -0.2) is 0 Å². The standard InChI is InChI=1S/4ClH.Cu.K.Mg.3H/h4*1H;;;;;;/q;;;;+2;;;;;/p-2. The second kappa shape index (κ2) is 32.2. The van der Waals surface area contributed by atoms with Gasteiger partial charge in [0.15, 0.2) is 0 Å². The first-order chi connectivity index (χ1) is 1.41. The molecule has 47 valence electrons. The van der Waals surface area contributed by atoms with Crippen molar-refractivity contribution >= 4 is 119 Å². The van der Waals surface area contributed by atoms with Gasteiger partial charge < -0.3 is 0 Å². The Hall–Kier alpha value is 4.08. The molecule has 0 heterocycles. The Morgan fingerprint density at radius 3 is 1.00 bits per heavy atom. The molecule has 0 fully saturated rings. The Kier molecular flexibility index (Phi) is 140. The SMILES string of the molecule is Cl.Cl.[Cl][Cu][Cl].[KH].[MgH2]. The Labute approximate surface area is 129 Å². The van der Waals surface area contributed by atoms with Crippen LogP contribution in [0.4, 0.5) is 0 Å². The van der Waals surface area contributed by atoms with Crippen LogP contribution in [-0.4, -0.2) is 74.4 Å². The summed E-state index contributed by atoms with van der Waals surface area (Å²) < 4.78 is 0. The van der Waals surface area contributed by atoms with Crippen molar-refractivity contribution in [3.8, 4) is 0 Å². The topological polar surface area (TPSA) is 0 Å². The number of hydrogen-bond acceptors (Lipinski definition) is 0. The fraction of sp³-hybridized carbons (Fsp3) is 0. The first-order valence-corrected chi connectivity index (χ1v) is 2.82. The molecule has 7 heavy (non-hydrogen) atoms. The van der Waals surface area contributed by atoms with Crippen molar-refractivity contribution in [2.75, 3.05) is 0 Å². The van der Waals surface area contributed by atoms with Gasteiger partial charge in [0.2, 0.25) is 0 Å². The van der Waals surface area contributed by atoms with Crippen LogP contribution in [0.25, 0.3) is 0 Å². The average Bonchev–Trinajstić information content (AvgIpc) is 0.918. The summed E-state index contributed by atoms with van der Waals surface area (Å²) in [6.45, 7) is 0. The molecule has 0 aromatic carbocycles. The van der Waals surface area contributed by atoms with E-state index in [1.807, 2.05) is 0 Å². The third-order valence-corrected chi connectivity index (χ3v) is 0. The third-order valence-electron chi connectivity index (χ3n) is 0. The minimum atomic E-state index is 0. The van der Waals surface area contributed by atoms with Crippen LogP contribution >= 0.6 is 45.0 Å². The van der Waals surface area contributed by atoms with Crippen molar-refractivity contribution in [1.82, 2.24) is 0 Å². The van der Waals surface area contributed by atoms with Gasteiger partial charge in [-0.2, -0.15) is 0 Å². The molecular formula is H5Cl4CuKMg. The largest absolute Gasteiger partial charge is 0.316 e. The van der Waals surface area contributed by atoms with E-state index in [9.17, 15) is 0 Å². The van der Waals surface area contributed by atoms with E-state index in [-0.39, 0.29) is 99.3 Å². The summed E-state index contributed by atoms with van der Waals surface area (Å²) in [6.07, 6.45) is 0. The molecule has 0 atom stereocenters. The third kappa shape index (κ3) is 39.5. The summed E-state index contributed by atoms with van der Waals surface area (Å²) in [5.74, 6) is 0. The predicted octanol–water partition coefficient (Wildman–Crippen LogP) is 0.655. The van der Waals surface area contributed by atoms with Gasteiger partial charge in [-0.1, -0.05) is 0 Å². The maximum absolute atomic E-state index is 4.67. The molecule has 0 aromatic heterocycles. The zero-order valence-corrected chi connectivity index (χ0v) is 5.96. The smallest absolute Gasteiger partial charge is 0.316 e. The van der Waals surface area contributed by atoms with Gasteiger partial charge in [-0.3, -0.25) is 0 Å². The van der Waals surface area contributed by atoms with Gasteiger partial charge >= 0.3 is 108 Å². The van der Waals surface area contributed by atoms with E-state index in [1.165, 1.54) is 0 Å². The number of halogens is 4. The molecule has 0 bridgehead atoms. The molecule has 0 unspecified atom stereocenters. The molecule has 0 radical (unpaired) electrons. The van der Waals surface area contributed by atoms with Crippen LogP contribution in [0.15, 0.2) is 0 Å². The molecule has 0 nitrogen and oxygen atoms in total. The minimum absolute atomic E-state index is 0. The van der Waals surface area contributed by atoms with Crippen molar-refractivity contribution in [1.29, 1.82) is 0 Å². The molecule has 0 spiro atoms. The molecule has 0 rings (SSSR count). The molecule has 0 aromatic rings. The first kappa shape index (κ1) is 30.5. The van der Waals surface area contributed by atoms with Crippen LogP contribution in [-0.2, 0) is 13.1 Å². The molecule has 0 aliphatic heterocycles. The molecule has 0 saturated heterocycles. The van der Waals surface area contributed by atoms with Crippen LogP contribution in [0.1, 0.15) is 0 Å². The first-order valence-electron chi connectivity index (χ1n) is 0.228. The normalized spacial score (nSPS) is 3.14. The van der Waals surface area contributed by atoms with E-state index >= 15 is 0 Å². The van der Waals surface area contributed by atoms with E-state index < -0.39 is 0 Å². The number of rotatable bonds is 0. The van der Waals surface area contributed by atoms with Gasteiger partial charge in [0.05, 0.1) is 0 Å². The zero-order valence-electron chi connectivity index (χ0n) is 1.87. The summed E-state index contributed by atoms with van der Waals surface area (Å²) >= 11 is 0.757. The van der Waals surface area contributed by atoms with Crippen molar-refractivity contribution in [2.24, 2.45) is 0 Å². The summed E-state index contributed by atoms with van der Waals surface area (Å²) in [5, 5.41) is 0. The van der Waals surface area contributed by atoms with E-state index in [0.29, 0.717) is 0 Å². The predicted molar refractivity (Wildman–Crippen MR) is 41.9 cm³/mol. The summed E-state index contributed by atoms with van der Waals surface area (Å²) in [6, 6.07) is 0. The molecule has 0 aliphatic rings. The molecular weight excluding hydrogens is 269 g/mol. The fourth-order valence-corrected chi connectivity index (χ4v) is 0. The van der Waals surface area contributed by atoms with E-state index in [2.05, 4.69) is 20.2 Å². The quantitative estimate of drug-likeness (QED) is 0.569. The number of hydrogen-bond donors (Lipinski definition) is 0. The van der Waals surface area contributed by atoms with Gasteiger partial charge in [0.1, 0.15) is 0 Å². The Morgan fingerprint density at radius 2 is 1.00 bits per heavy atom. The summed E-state index contributed by atoms with van der Waals surface area (Å²) in [7, 11) is 9.34. The van der Waals surface area contributed by atoms with Crippen molar-refractivity contribution in [2.45, 2.75) is 0 Å². The molecule has 0 saturated carbocycles. The molecule has 7 heteroatoms. The van der Waals surface area contributed by atoms with Crippen LogP contribution in [0.3, 0.4) is 0 Å². The van der Waals surface area contributed by atoms with Crippen LogP contribution in [0.5, 0.6) is 0 Å². The van der Waals surface area contributed by atoms with Crippen LogP contribution in [0, 0.1) is 0 Å². The minimum Gasteiger partial charge on any atom is 0.316 e. The Bertz CT molecular complexity index is 11.7. The molecule has 0 amide bonds. The monoisotopic (exact) mass is 271 g/mol. The maximum atomic E-state index is 4.67. The zero-order chi connectivity index (χ0) is 2.71. The van der Waals surface area contributed by atoms with Crippen molar-refractivity contribution < 1.29 is 13.1 Å². The summed E-state index contributed by atoms with van der Waals surface area (Å²) in [5.41, 5.74) is 0. The van der Waals surface area contributed by atoms with E-state index in [0.717, 1.165) is 13.1 Å². The van der Waals surface area contributed by atoms with E-state index in [1.54, 1.807) is 0 Å². The van der Waals surface area contributed by atoms with Crippen molar-refractivity contribution in [3.05, 3.63) is 0 Å². The Balaban J connectivity index is -0.00000000333. The van der Waals surface area contributed by atoms with Crippen LogP contribution in [0.2, 0.25) is 0 Å². The van der Waals surface area contributed by atoms with E-state index in [4.69, 9.17) is 0 Å². The summed E-state index contributed by atoms with van der Waals surface area (Å²) in [4.78, 5) is 0. The fourth-order valence-electron chi connectivity index (χ4n) is 0. The second-order valence-corrected chi connectivity index (χ2v) is 1.60. The molecule has 0 N–H and O–H groups in total. The van der Waals surface area contributed by atoms with Gasteiger partial charge in [-0.15, -0.1) is 24.8 Å². The van der Waals surface area contributed by atoms with Gasteiger partial charge in [0, 0.05) is 0 Å². The van der Waals surface area contributed by atoms with Crippen LogP contribution < -0.4 is 0 Å². The van der Waals surface area contributed by atoms with Crippen molar-refractivity contribution in [3.63, 3.8) is 0 Å². The Morgan fingerprint density at radius 1 is 1.00 bits per heavy atom.